The van der Waals surface area contributed by atoms with Gasteiger partial charge in [-0.1, -0.05) is 30.3 Å². The minimum atomic E-state index is -2.64. The predicted molar refractivity (Wildman–Crippen MR) is 117 cm³/mol. The number of nitrogens with one attached hydrogen (secondary N) is 3. The highest BCUT2D eigenvalue weighted by molar-refractivity contribution is 5.92. The van der Waals surface area contributed by atoms with Gasteiger partial charge < -0.3 is 24.8 Å². The summed E-state index contributed by atoms with van der Waals surface area (Å²) in [4.78, 5) is 16.1. The van der Waals surface area contributed by atoms with E-state index in [1.54, 1.807) is 42.5 Å². The highest BCUT2D eigenvalue weighted by atomic mass is 16.6. The fraction of sp³-hybridized carbons (Fsp3) is 0.318. The smallest absolute Gasteiger partial charge is 0.347 e. The highest BCUT2D eigenvalue weighted by Crippen LogP contribution is 2.39. The van der Waals surface area contributed by atoms with E-state index in [9.17, 15) is 20.1 Å². The van der Waals surface area contributed by atoms with Gasteiger partial charge in [0.25, 0.3) is 5.79 Å². The zero-order chi connectivity index (χ0) is 24.1. The third kappa shape index (κ3) is 3.15. The van der Waals surface area contributed by atoms with Crippen molar-refractivity contribution in [1.29, 1.82) is 0 Å². The van der Waals surface area contributed by atoms with Gasteiger partial charge in [-0.05, 0) is 24.3 Å². The molecule has 178 valence electrons. The maximum atomic E-state index is 13.2. The zero-order valence-electron chi connectivity index (χ0n) is 18.0. The van der Waals surface area contributed by atoms with Gasteiger partial charge in [-0.3, -0.25) is 21.8 Å². The molecule has 1 spiro atoms. The van der Waals surface area contributed by atoms with Gasteiger partial charge in [0.2, 0.25) is 0 Å². The van der Waals surface area contributed by atoms with Crippen molar-refractivity contribution in [3.63, 3.8) is 0 Å². The van der Waals surface area contributed by atoms with E-state index in [4.69, 9.17) is 20.9 Å². The number of para-hydroxylation sites is 2. The molecule has 5 rings (SSSR count). The van der Waals surface area contributed by atoms with E-state index in [1.807, 2.05) is 6.07 Å². The number of guanidine groups is 2. The van der Waals surface area contributed by atoms with E-state index in [0.29, 0.717) is 5.75 Å². The normalized spacial score (nSPS) is 28.8. The number of aliphatic hydroxyl groups is 3. The van der Waals surface area contributed by atoms with Crippen LogP contribution in [0.1, 0.15) is 10.4 Å². The second-order valence-corrected chi connectivity index (χ2v) is 8.39. The second kappa shape index (κ2) is 7.87. The first-order chi connectivity index (χ1) is 16.3. The minimum absolute atomic E-state index is 0.0611. The molecule has 2 aromatic carbocycles. The van der Waals surface area contributed by atoms with Gasteiger partial charge in [-0.15, -0.1) is 0 Å². The van der Waals surface area contributed by atoms with Crippen LogP contribution < -0.4 is 31.8 Å². The lowest BCUT2D eigenvalue weighted by Crippen LogP contribution is -2.91. The van der Waals surface area contributed by atoms with Gasteiger partial charge in [0.05, 0.1) is 6.61 Å². The predicted octanol–water partition coefficient (Wildman–Crippen LogP) is -3.95. The summed E-state index contributed by atoms with van der Waals surface area (Å²) < 4.78 is 12.9. The molecule has 0 aliphatic carbocycles. The Morgan fingerprint density at radius 2 is 1.85 bits per heavy atom. The molecule has 0 bridgehead atoms. The Balaban J connectivity index is 1.45. The average Bonchev–Trinajstić information content (AvgIpc) is 3.29. The number of aliphatic hydroxyl groups excluding tert-OH is 1. The summed E-state index contributed by atoms with van der Waals surface area (Å²) in [6.07, 6.45) is -1.43. The van der Waals surface area contributed by atoms with Gasteiger partial charge in [-0.2, -0.15) is 0 Å². The van der Waals surface area contributed by atoms with E-state index in [1.165, 1.54) is 10.6 Å². The maximum absolute atomic E-state index is 13.2. The number of esters is 1. The van der Waals surface area contributed by atoms with Crippen LogP contribution in [0, 0.1) is 0 Å². The molecular weight excluding hydrogens is 444 g/mol. The second-order valence-electron chi connectivity index (χ2n) is 8.39. The number of nitrogens with two attached hydrogens (primary N) is 2. The van der Waals surface area contributed by atoms with Crippen molar-refractivity contribution in [1.82, 2.24) is 10.6 Å². The minimum Gasteiger partial charge on any atom is -0.456 e. The van der Waals surface area contributed by atoms with E-state index < -0.39 is 35.6 Å². The largest absolute Gasteiger partial charge is 0.456 e. The van der Waals surface area contributed by atoms with Crippen LogP contribution >= 0.6 is 0 Å². The molecule has 0 aromatic heterocycles. The lowest BCUT2D eigenvalue weighted by atomic mass is 9.86. The molecule has 2 aromatic rings. The Morgan fingerprint density at radius 1 is 1.15 bits per heavy atom. The quantitative estimate of drug-likeness (QED) is 0.122. The molecule has 1 fully saturated rings. The van der Waals surface area contributed by atoms with Crippen LogP contribution in [0.4, 0.5) is 0 Å². The summed E-state index contributed by atoms with van der Waals surface area (Å²) in [5.41, 5.74) is 10.5. The van der Waals surface area contributed by atoms with Crippen molar-refractivity contribution in [2.24, 2.45) is 11.5 Å². The monoisotopic (exact) mass is 470 g/mol. The van der Waals surface area contributed by atoms with Crippen molar-refractivity contribution in [2.75, 3.05) is 13.2 Å². The summed E-state index contributed by atoms with van der Waals surface area (Å²) in [6.45, 7) is -0.524. The van der Waals surface area contributed by atoms with Crippen LogP contribution in [0.3, 0.4) is 0 Å². The van der Waals surface area contributed by atoms with Crippen molar-refractivity contribution in [3.8, 4) is 11.5 Å². The van der Waals surface area contributed by atoms with E-state index in [2.05, 4.69) is 15.6 Å². The van der Waals surface area contributed by atoms with Crippen LogP contribution in [0.15, 0.2) is 54.6 Å². The number of carbonyl (C=O) groups is 1. The fourth-order valence-electron chi connectivity index (χ4n) is 4.86. The number of rotatable bonds is 5. The topological polar surface area (TPSA) is 189 Å². The van der Waals surface area contributed by atoms with Gasteiger partial charge in [-0.25, -0.2) is 14.7 Å². The molecular formula is C22H26N6O6+2. The molecule has 1 saturated heterocycles. The van der Waals surface area contributed by atoms with Gasteiger partial charge in [0, 0.05) is 0 Å². The lowest BCUT2D eigenvalue weighted by Gasteiger charge is -2.40. The number of nitrogens with zero attached hydrogens (tertiary/aromatic N) is 1. The number of hydrogen-bond donors (Lipinski definition) is 8. The van der Waals surface area contributed by atoms with Crippen LogP contribution in [0.2, 0.25) is 0 Å². The molecule has 0 amide bonds. The van der Waals surface area contributed by atoms with Crippen molar-refractivity contribution < 1.29 is 39.2 Å². The summed E-state index contributed by atoms with van der Waals surface area (Å²) in [6, 6.07) is 13.9. The summed E-state index contributed by atoms with van der Waals surface area (Å²) in [5.74, 6) is -2.55. The molecule has 3 aliphatic heterocycles. The van der Waals surface area contributed by atoms with Crippen LogP contribution in [-0.4, -0.2) is 80.6 Å². The lowest BCUT2D eigenvalue weighted by molar-refractivity contribution is -0.674. The first-order valence-corrected chi connectivity index (χ1v) is 10.7. The molecule has 4 atom stereocenters. The summed E-state index contributed by atoms with van der Waals surface area (Å²) in [5, 5.41) is 38.2. The van der Waals surface area contributed by atoms with Gasteiger partial charge in [0.15, 0.2) is 12.1 Å². The third-order valence-corrected chi connectivity index (χ3v) is 6.42. The molecule has 3 aliphatic rings. The van der Waals surface area contributed by atoms with E-state index >= 15 is 0 Å². The number of carbonyl (C=O) groups excluding carboxylic acids is 1. The van der Waals surface area contributed by atoms with E-state index in [0.717, 1.165) is 0 Å². The van der Waals surface area contributed by atoms with Crippen molar-refractivity contribution in [2.45, 2.75) is 29.6 Å². The Kier molecular flexibility index (Phi) is 5.08. The first kappa shape index (κ1) is 21.9. The van der Waals surface area contributed by atoms with E-state index in [-0.39, 0.29) is 36.4 Å². The molecule has 0 radical (unpaired) electrons. The Bertz CT molecular complexity index is 1190. The SMILES string of the molecule is NC1=[NH+][C@H]2[C@H](CO)NC(N)=[N+]3C[C@H](OC(=O)c4ccccc4Oc4ccccc4)C(O)(O)[C@]23N1. The third-order valence-electron chi connectivity index (χ3n) is 6.42. The molecule has 10 N–H and O–H groups in total. The Labute approximate surface area is 194 Å². The van der Waals surface area contributed by atoms with Crippen LogP contribution in [0.5, 0.6) is 11.5 Å². The summed E-state index contributed by atoms with van der Waals surface area (Å²) in [7, 11) is 0. The van der Waals surface area contributed by atoms with Crippen molar-refractivity contribution >= 4 is 17.9 Å². The number of ether oxygens (including phenoxy) is 2. The van der Waals surface area contributed by atoms with Gasteiger partial charge in [0.1, 0.15) is 29.6 Å². The van der Waals surface area contributed by atoms with Crippen LogP contribution in [0.25, 0.3) is 0 Å². The molecule has 0 unspecified atom stereocenters. The van der Waals surface area contributed by atoms with Crippen molar-refractivity contribution in [3.05, 3.63) is 60.2 Å². The average molecular weight is 470 g/mol. The molecule has 0 saturated carbocycles. The van der Waals surface area contributed by atoms with Gasteiger partial charge >= 0.3 is 23.6 Å². The molecule has 34 heavy (non-hydrogen) atoms. The number of benzene rings is 2. The first-order valence-electron chi connectivity index (χ1n) is 10.7. The number of hydrogen-bond acceptors (Lipinski definition) is 10. The molecule has 3 heterocycles. The van der Waals surface area contributed by atoms with Crippen LogP contribution in [-0.2, 0) is 4.74 Å². The fourth-order valence-corrected chi connectivity index (χ4v) is 4.86. The molecule has 12 heteroatoms. The summed E-state index contributed by atoms with van der Waals surface area (Å²) >= 11 is 0. The molecule has 12 nitrogen and oxygen atoms in total. The maximum Gasteiger partial charge on any atom is 0.347 e. The Hall–Kier alpha value is -3.87. The highest BCUT2D eigenvalue weighted by Gasteiger charge is 2.79. The Morgan fingerprint density at radius 3 is 2.59 bits per heavy atom. The standard InChI is InChI=1S/C22H24N6O6/c23-19-26-17-14(11-29)25-20(24)28-10-16(22(31,32)21(17,28)27-19)34-18(30)13-8-4-5-9-15(13)33-12-6-2-1-3-7-12/h1-9,14,16-17,29,31-32H,10-11H2,(H5,23,24,25,26,27)/p+2/t14-,16-,17-,21-/m0/s1. The zero-order valence-corrected chi connectivity index (χ0v) is 18.0.